The predicted molar refractivity (Wildman–Crippen MR) is 35.2 cm³/mol. The van der Waals surface area contributed by atoms with Gasteiger partial charge in [0.1, 0.15) is 0 Å². The Balaban J connectivity index is 2.00. The van der Waals surface area contributed by atoms with Crippen LogP contribution in [-0.2, 0) is 4.79 Å². The Morgan fingerprint density at radius 2 is 1.70 bits per heavy atom. The highest BCUT2D eigenvalue weighted by atomic mass is 16.1. The van der Waals surface area contributed by atoms with Crippen LogP contribution in [-0.4, -0.2) is 11.6 Å². The van der Waals surface area contributed by atoms with Crippen LogP contribution >= 0.6 is 0 Å². The molecule has 3 aliphatic carbocycles. The lowest BCUT2D eigenvalue weighted by Crippen LogP contribution is -2.75. The summed E-state index contributed by atoms with van der Waals surface area (Å²) in [6.45, 7) is 0. The van der Waals surface area contributed by atoms with E-state index in [1.165, 1.54) is 19.3 Å². The van der Waals surface area contributed by atoms with Crippen LogP contribution in [0.5, 0.6) is 0 Å². The van der Waals surface area contributed by atoms with Crippen molar-refractivity contribution in [3.63, 3.8) is 0 Å². The molecule has 0 heterocycles. The van der Waals surface area contributed by atoms with Crippen molar-refractivity contribution in [1.29, 1.82) is 0 Å². The topological polar surface area (TPSA) is 29.4 Å². The van der Waals surface area contributed by atoms with Crippen LogP contribution in [0.2, 0.25) is 0 Å². The third-order valence-electron chi connectivity index (χ3n) is 3.91. The van der Waals surface area contributed by atoms with E-state index in [-0.39, 0.29) is 5.54 Å². The lowest BCUT2D eigenvalue weighted by Gasteiger charge is -2.74. The van der Waals surface area contributed by atoms with Gasteiger partial charge in [-0.2, -0.15) is 4.99 Å². The lowest BCUT2D eigenvalue weighted by atomic mass is 9.32. The van der Waals surface area contributed by atoms with Crippen molar-refractivity contribution in [2.45, 2.75) is 24.8 Å². The van der Waals surface area contributed by atoms with Crippen LogP contribution in [0.1, 0.15) is 19.3 Å². The summed E-state index contributed by atoms with van der Waals surface area (Å²) >= 11 is 0. The summed E-state index contributed by atoms with van der Waals surface area (Å²) in [5, 5.41) is 0. The molecule has 0 aliphatic heterocycles. The Kier molecular flexibility index (Phi) is 0.618. The van der Waals surface area contributed by atoms with Crippen LogP contribution in [0.15, 0.2) is 4.99 Å². The van der Waals surface area contributed by atoms with Gasteiger partial charge in [0, 0.05) is 0 Å². The van der Waals surface area contributed by atoms with E-state index in [1.54, 1.807) is 6.08 Å². The van der Waals surface area contributed by atoms with E-state index >= 15 is 0 Å². The number of nitrogens with zero attached hydrogens (tertiary/aromatic N) is 1. The summed E-state index contributed by atoms with van der Waals surface area (Å²) in [5.41, 5.74) is 0.168. The largest absolute Gasteiger partial charge is 0.235 e. The Morgan fingerprint density at radius 1 is 1.20 bits per heavy atom. The van der Waals surface area contributed by atoms with E-state index in [1.807, 2.05) is 0 Å². The summed E-state index contributed by atoms with van der Waals surface area (Å²) in [5.74, 6) is 2.33. The van der Waals surface area contributed by atoms with Crippen molar-refractivity contribution in [1.82, 2.24) is 0 Å². The van der Waals surface area contributed by atoms with Gasteiger partial charge in [-0.15, -0.1) is 0 Å². The first-order valence-electron chi connectivity index (χ1n) is 3.97. The molecule has 0 atom stereocenters. The minimum absolute atomic E-state index is 0.168. The zero-order valence-electron chi connectivity index (χ0n) is 5.71. The van der Waals surface area contributed by atoms with Crippen LogP contribution < -0.4 is 0 Å². The van der Waals surface area contributed by atoms with Crippen molar-refractivity contribution in [2.24, 2.45) is 22.7 Å². The highest BCUT2D eigenvalue weighted by Gasteiger charge is 2.74. The molecule has 3 saturated carbocycles. The molecular formula is C8H9NO. The molecular weight excluding hydrogens is 126 g/mol. The summed E-state index contributed by atoms with van der Waals surface area (Å²) in [6, 6.07) is 0. The Hall–Kier alpha value is -0.620. The number of isocyanates is 1. The molecule has 0 spiro atoms. The second kappa shape index (κ2) is 1.22. The van der Waals surface area contributed by atoms with Gasteiger partial charge in [0.15, 0.2) is 0 Å². The fourth-order valence-corrected chi connectivity index (χ4v) is 3.32. The second-order valence-corrected chi connectivity index (χ2v) is 3.89. The molecule has 0 N–H and O–H groups in total. The van der Waals surface area contributed by atoms with E-state index in [9.17, 15) is 4.79 Å². The summed E-state index contributed by atoms with van der Waals surface area (Å²) < 4.78 is 0. The predicted octanol–water partition coefficient (Wildman–Crippen LogP) is 1.12. The van der Waals surface area contributed by atoms with Gasteiger partial charge in [-0.25, -0.2) is 4.79 Å². The van der Waals surface area contributed by atoms with Gasteiger partial charge in [-0.1, -0.05) is 0 Å². The van der Waals surface area contributed by atoms with Gasteiger partial charge in [-0.05, 0) is 37.0 Å². The van der Waals surface area contributed by atoms with Crippen molar-refractivity contribution < 1.29 is 4.79 Å². The van der Waals surface area contributed by atoms with Crippen molar-refractivity contribution in [3.05, 3.63) is 0 Å². The normalized spacial score (nSPS) is 60.2. The van der Waals surface area contributed by atoms with Gasteiger partial charge >= 0.3 is 0 Å². The van der Waals surface area contributed by atoms with Crippen LogP contribution in [0, 0.1) is 17.8 Å². The molecule has 0 aromatic rings. The zero-order chi connectivity index (χ0) is 6.77. The summed E-state index contributed by atoms with van der Waals surface area (Å²) in [4.78, 5) is 14.0. The Morgan fingerprint density at radius 3 is 1.90 bits per heavy atom. The monoisotopic (exact) mass is 135 g/mol. The van der Waals surface area contributed by atoms with Crippen LogP contribution in [0.3, 0.4) is 0 Å². The number of hydrogen-bond donors (Lipinski definition) is 0. The molecule has 3 fully saturated rings. The molecule has 0 aromatic carbocycles. The third kappa shape index (κ3) is 0.270. The van der Waals surface area contributed by atoms with Crippen LogP contribution in [0.4, 0.5) is 0 Å². The average molecular weight is 135 g/mol. The highest BCUT2D eigenvalue weighted by Crippen LogP contribution is 2.74. The van der Waals surface area contributed by atoms with E-state index in [0.29, 0.717) is 0 Å². The molecule has 0 bridgehead atoms. The first kappa shape index (κ1) is 5.09. The molecule has 0 aromatic heterocycles. The maximum absolute atomic E-state index is 10.1. The Labute approximate surface area is 59.3 Å². The molecule has 52 valence electrons. The third-order valence-corrected chi connectivity index (χ3v) is 3.91. The molecule has 3 rings (SSSR count). The van der Waals surface area contributed by atoms with E-state index in [2.05, 4.69) is 4.99 Å². The fourth-order valence-electron chi connectivity index (χ4n) is 3.32. The van der Waals surface area contributed by atoms with Gasteiger partial charge < -0.3 is 0 Å². The fraction of sp³-hybridized carbons (Fsp3) is 0.875. The molecule has 0 unspecified atom stereocenters. The minimum atomic E-state index is 0.168. The smallest absolute Gasteiger partial charge is 0.211 e. The second-order valence-electron chi connectivity index (χ2n) is 3.89. The molecule has 3 aliphatic rings. The Bertz CT molecular complexity index is 209. The number of carbonyl (C=O) groups excluding carboxylic acids is 1. The number of aliphatic imine (C=N–C) groups is 1. The quantitative estimate of drug-likeness (QED) is 0.391. The van der Waals surface area contributed by atoms with Crippen LogP contribution in [0.25, 0.3) is 0 Å². The average Bonchev–Trinajstić information content (AvgIpc) is 2.02. The number of hydrogen-bond acceptors (Lipinski definition) is 2. The molecule has 0 saturated heterocycles. The van der Waals surface area contributed by atoms with E-state index < -0.39 is 0 Å². The molecule has 10 heavy (non-hydrogen) atoms. The van der Waals surface area contributed by atoms with Gasteiger partial charge in [0.05, 0.1) is 5.54 Å². The summed E-state index contributed by atoms with van der Waals surface area (Å²) in [6.07, 6.45) is 5.73. The number of rotatable bonds is 1. The lowest BCUT2D eigenvalue weighted by molar-refractivity contribution is -0.213. The van der Waals surface area contributed by atoms with E-state index in [4.69, 9.17) is 0 Å². The van der Waals surface area contributed by atoms with Crippen molar-refractivity contribution >= 4 is 6.08 Å². The summed E-state index contributed by atoms with van der Waals surface area (Å²) in [7, 11) is 0. The first-order valence-corrected chi connectivity index (χ1v) is 3.97. The van der Waals surface area contributed by atoms with Crippen molar-refractivity contribution in [2.75, 3.05) is 0 Å². The van der Waals surface area contributed by atoms with Gasteiger partial charge in [0.25, 0.3) is 0 Å². The molecule has 2 heteroatoms. The molecule has 0 radical (unpaired) electrons. The van der Waals surface area contributed by atoms with Gasteiger partial charge in [-0.3, -0.25) is 0 Å². The maximum Gasteiger partial charge on any atom is 0.235 e. The van der Waals surface area contributed by atoms with Crippen molar-refractivity contribution in [3.8, 4) is 0 Å². The maximum atomic E-state index is 10.1. The standard InChI is InChI=1S/C8H9NO/c10-4-9-8-5-1-6(8)3-7(8)2-5/h5-7H,1-3H2. The van der Waals surface area contributed by atoms with E-state index in [0.717, 1.165) is 17.8 Å². The molecule has 2 nitrogen and oxygen atoms in total. The molecule has 0 amide bonds. The zero-order valence-corrected chi connectivity index (χ0v) is 5.71. The SMILES string of the molecule is O=C=NC12C3CC1CC2C3. The highest BCUT2D eigenvalue weighted by molar-refractivity contribution is 5.41. The minimum Gasteiger partial charge on any atom is -0.211 e. The van der Waals surface area contributed by atoms with Gasteiger partial charge in [0.2, 0.25) is 6.08 Å². The first-order chi connectivity index (χ1) is 4.88.